The third-order valence-corrected chi connectivity index (χ3v) is 3.32. The summed E-state index contributed by atoms with van der Waals surface area (Å²) >= 11 is 1.16. The van der Waals surface area contributed by atoms with Gasteiger partial charge in [0.2, 0.25) is 0 Å². The van der Waals surface area contributed by atoms with Gasteiger partial charge in [0, 0.05) is 5.69 Å². The molecule has 0 fully saturated rings. The van der Waals surface area contributed by atoms with Gasteiger partial charge in [-0.1, -0.05) is 11.8 Å². The minimum atomic E-state index is -0.778. The van der Waals surface area contributed by atoms with E-state index in [-0.39, 0.29) is 5.78 Å². The number of Topliss-reactive ketones (excluding diaryl/α,β-unsaturated/α-hetero) is 1. The number of carbonyl (C=O) groups excluding carboxylic acids is 2. The van der Waals surface area contributed by atoms with E-state index in [1.807, 2.05) is 6.92 Å². The van der Waals surface area contributed by atoms with Crippen molar-refractivity contribution in [2.24, 2.45) is 0 Å². The Morgan fingerprint density at radius 3 is 2.93 bits per heavy atom. The van der Waals surface area contributed by atoms with E-state index >= 15 is 0 Å². The summed E-state index contributed by atoms with van der Waals surface area (Å²) in [5.74, 6) is -0.727. The first-order valence-electron chi connectivity index (χ1n) is 4.40. The summed E-state index contributed by atoms with van der Waals surface area (Å²) in [6, 6.07) is 3.47. The number of ether oxygens (including phenoxy) is 1. The van der Waals surface area contributed by atoms with E-state index < -0.39 is 11.2 Å². The van der Waals surface area contributed by atoms with Gasteiger partial charge in [-0.05, 0) is 19.1 Å². The van der Waals surface area contributed by atoms with Crippen LogP contribution >= 0.6 is 11.8 Å². The minimum Gasteiger partial charge on any atom is -0.468 e. The molecule has 0 aromatic carbocycles. The van der Waals surface area contributed by atoms with Gasteiger partial charge >= 0.3 is 5.97 Å². The summed E-state index contributed by atoms with van der Waals surface area (Å²) in [6.45, 7) is 1.84. The number of thioether (sulfide) groups is 1. The molecule has 15 heavy (non-hydrogen) atoms. The molecule has 1 aromatic rings. The fraction of sp³-hybridized carbons (Fsp3) is 0.300. The number of fused-ring (bicyclic) bond motifs is 1. The maximum atomic E-state index is 11.7. The van der Waals surface area contributed by atoms with Crippen LogP contribution in [0.15, 0.2) is 17.2 Å². The van der Waals surface area contributed by atoms with Gasteiger partial charge < -0.3 is 4.74 Å². The molecule has 2 heterocycles. The van der Waals surface area contributed by atoms with Gasteiger partial charge in [-0.3, -0.25) is 9.59 Å². The first-order chi connectivity index (χ1) is 7.13. The molecule has 1 aromatic heterocycles. The van der Waals surface area contributed by atoms with Gasteiger partial charge in [-0.25, -0.2) is 4.98 Å². The minimum absolute atomic E-state index is 0.214. The standard InChI is InChI=1S/C10H9NO3S/c1-5-3-4-6-7(12)8(10(13)14-2)15-9(6)11-5/h3-4,8H,1-2H3. The molecule has 0 spiro atoms. The zero-order valence-corrected chi connectivity index (χ0v) is 9.13. The Bertz CT molecular complexity index is 444. The lowest BCUT2D eigenvalue weighted by molar-refractivity contribution is -0.138. The Kier molecular flexibility index (Phi) is 2.48. The highest BCUT2D eigenvalue weighted by Crippen LogP contribution is 2.35. The topological polar surface area (TPSA) is 56.3 Å². The third kappa shape index (κ3) is 1.63. The second kappa shape index (κ2) is 3.66. The fourth-order valence-electron chi connectivity index (χ4n) is 1.38. The van der Waals surface area contributed by atoms with Crippen molar-refractivity contribution in [3.05, 3.63) is 23.4 Å². The summed E-state index contributed by atoms with van der Waals surface area (Å²) in [5.41, 5.74) is 1.35. The number of hydrogen-bond acceptors (Lipinski definition) is 5. The van der Waals surface area contributed by atoms with Crippen LogP contribution in [0.3, 0.4) is 0 Å². The molecule has 0 saturated carbocycles. The van der Waals surface area contributed by atoms with E-state index in [4.69, 9.17) is 0 Å². The van der Waals surface area contributed by atoms with Crippen molar-refractivity contribution >= 4 is 23.5 Å². The maximum absolute atomic E-state index is 11.7. The van der Waals surface area contributed by atoms with Crippen LogP contribution in [-0.2, 0) is 9.53 Å². The number of pyridine rings is 1. The number of esters is 1. The van der Waals surface area contributed by atoms with E-state index in [0.717, 1.165) is 17.5 Å². The van der Waals surface area contributed by atoms with E-state index in [9.17, 15) is 9.59 Å². The number of hydrogen-bond donors (Lipinski definition) is 0. The SMILES string of the molecule is COC(=O)C1Sc2nc(C)ccc2C1=O. The highest BCUT2D eigenvalue weighted by atomic mass is 32.2. The molecule has 1 unspecified atom stereocenters. The van der Waals surface area contributed by atoms with Crippen molar-refractivity contribution in [2.75, 3.05) is 7.11 Å². The Morgan fingerprint density at radius 1 is 1.53 bits per heavy atom. The summed E-state index contributed by atoms with van der Waals surface area (Å²) < 4.78 is 4.56. The zero-order chi connectivity index (χ0) is 11.0. The number of ketones is 1. The molecule has 0 saturated heterocycles. The van der Waals surface area contributed by atoms with Gasteiger partial charge in [0.15, 0.2) is 11.0 Å². The van der Waals surface area contributed by atoms with Crippen molar-refractivity contribution in [3.63, 3.8) is 0 Å². The first-order valence-corrected chi connectivity index (χ1v) is 5.28. The monoisotopic (exact) mass is 223 g/mol. The van der Waals surface area contributed by atoms with Gasteiger partial charge in [0.25, 0.3) is 0 Å². The summed E-state index contributed by atoms with van der Waals surface area (Å²) in [6.07, 6.45) is 0. The van der Waals surface area contributed by atoms with E-state index in [1.54, 1.807) is 12.1 Å². The molecule has 0 aliphatic carbocycles. The van der Waals surface area contributed by atoms with Crippen molar-refractivity contribution in [2.45, 2.75) is 17.2 Å². The number of aromatic nitrogens is 1. The van der Waals surface area contributed by atoms with Gasteiger partial charge in [-0.15, -0.1) is 0 Å². The average molecular weight is 223 g/mol. The Morgan fingerprint density at radius 2 is 2.27 bits per heavy atom. The maximum Gasteiger partial charge on any atom is 0.327 e. The summed E-state index contributed by atoms with van der Waals surface area (Å²) in [5, 5.41) is -0.158. The van der Waals surface area contributed by atoms with Crippen LogP contribution in [0.2, 0.25) is 0 Å². The Balaban J connectivity index is 2.37. The third-order valence-electron chi connectivity index (χ3n) is 2.15. The van der Waals surface area contributed by atoms with E-state index in [2.05, 4.69) is 9.72 Å². The molecule has 78 valence electrons. The lowest BCUT2D eigenvalue weighted by atomic mass is 10.1. The number of nitrogens with zero attached hydrogens (tertiary/aromatic N) is 1. The highest BCUT2D eigenvalue weighted by Gasteiger charge is 2.38. The molecule has 1 aliphatic rings. The molecule has 0 amide bonds. The number of aryl methyl sites for hydroxylation is 1. The predicted octanol–water partition coefficient (Wildman–Crippen LogP) is 1.22. The van der Waals surface area contributed by atoms with Crippen LogP contribution in [0.4, 0.5) is 0 Å². The molecular weight excluding hydrogens is 214 g/mol. The van der Waals surface area contributed by atoms with Gasteiger partial charge in [0.05, 0.1) is 12.7 Å². The summed E-state index contributed by atoms with van der Waals surface area (Å²) in [4.78, 5) is 27.2. The second-order valence-corrected chi connectivity index (χ2v) is 4.28. The second-order valence-electron chi connectivity index (χ2n) is 3.19. The molecule has 2 rings (SSSR count). The molecule has 4 nitrogen and oxygen atoms in total. The molecule has 5 heteroatoms. The average Bonchev–Trinajstić information content (AvgIpc) is 2.54. The smallest absolute Gasteiger partial charge is 0.327 e. The van der Waals surface area contributed by atoms with E-state index in [0.29, 0.717) is 10.6 Å². The number of methoxy groups -OCH3 is 1. The molecule has 0 N–H and O–H groups in total. The quantitative estimate of drug-likeness (QED) is 0.529. The normalized spacial score (nSPS) is 18.8. The molecular formula is C10H9NO3S. The molecule has 1 aliphatic heterocycles. The number of carbonyl (C=O) groups is 2. The molecule has 0 bridgehead atoms. The van der Waals surface area contributed by atoms with Crippen LogP contribution < -0.4 is 0 Å². The van der Waals surface area contributed by atoms with Crippen molar-refractivity contribution in [1.29, 1.82) is 0 Å². The van der Waals surface area contributed by atoms with Crippen molar-refractivity contribution < 1.29 is 14.3 Å². The van der Waals surface area contributed by atoms with Gasteiger partial charge in [-0.2, -0.15) is 0 Å². The van der Waals surface area contributed by atoms with Crippen molar-refractivity contribution in [3.8, 4) is 0 Å². The van der Waals surface area contributed by atoms with Crippen molar-refractivity contribution in [1.82, 2.24) is 4.98 Å². The van der Waals surface area contributed by atoms with Crippen LogP contribution in [0, 0.1) is 6.92 Å². The Labute approximate surface area is 91.0 Å². The largest absolute Gasteiger partial charge is 0.468 e. The fourth-order valence-corrected chi connectivity index (χ4v) is 2.52. The molecule has 0 radical (unpaired) electrons. The number of rotatable bonds is 1. The molecule has 1 atom stereocenters. The predicted molar refractivity (Wildman–Crippen MR) is 55.0 cm³/mol. The summed E-state index contributed by atoms with van der Waals surface area (Å²) in [7, 11) is 1.28. The van der Waals surface area contributed by atoms with Gasteiger partial charge in [0.1, 0.15) is 5.03 Å². The lowest BCUT2D eigenvalue weighted by Crippen LogP contribution is -2.24. The zero-order valence-electron chi connectivity index (χ0n) is 8.31. The van der Waals surface area contributed by atoms with Crippen LogP contribution in [0.1, 0.15) is 16.1 Å². The van der Waals surface area contributed by atoms with Crippen LogP contribution in [0.5, 0.6) is 0 Å². The van der Waals surface area contributed by atoms with E-state index in [1.165, 1.54) is 7.11 Å². The highest BCUT2D eigenvalue weighted by molar-refractivity contribution is 8.02. The Hall–Kier alpha value is -1.36. The van der Waals surface area contributed by atoms with Crippen LogP contribution in [-0.4, -0.2) is 29.1 Å². The van der Waals surface area contributed by atoms with Crippen LogP contribution in [0.25, 0.3) is 0 Å². The lowest BCUT2D eigenvalue weighted by Gasteiger charge is -2.02. The first kappa shape index (κ1) is 10.2.